The third kappa shape index (κ3) is 4.22. The summed E-state index contributed by atoms with van der Waals surface area (Å²) < 4.78 is 15.6. The summed E-state index contributed by atoms with van der Waals surface area (Å²) in [4.78, 5) is 14.4. The Morgan fingerprint density at radius 1 is 1.14 bits per heavy atom. The van der Waals surface area contributed by atoms with Gasteiger partial charge in [-0.1, -0.05) is 30.3 Å². The summed E-state index contributed by atoms with van der Waals surface area (Å²) >= 11 is 0. The zero-order chi connectivity index (χ0) is 20.1. The number of nitrogens with zero attached hydrogens (tertiary/aromatic N) is 3. The average molecular weight is 380 g/mol. The second-order valence-electron chi connectivity index (χ2n) is 6.82. The van der Waals surface area contributed by atoms with Crippen molar-refractivity contribution in [3.8, 4) is 5.69 Å². The number of hydrogen-bond acceptors (Lipinski definition) is 3. The Hall–Kier alpha value is -3.15. The minimum atomic E-state index is -0.242. The van der Waals surface area contributed by atoms with Gasteiger partial charge < -0.3 is 10.2 Å². The predicted molar refractivity (Wildman–Crippen MR) is 110 cm³/mol. The van der Waals surface area contributed by atoms with E-state index in [1.54, 1.807) is 23.0 Å². The van der Waals surface area contributed by atoms with Crippen molar-refractivity contribution in [2.75, 3.05) is 25.0 Å². The van der Waals surface area contributed by atoms with Crippen molar-refractivity contribution in [1.82, 2.24) is 15.1 Å². The van der Waals surface area contributed by atoms with Crippen molar-refractivity contribution in [2.24, 2.45) is 0 Å². The molecule has 0 aliphatic heterocycles. The quantitative estimate of drug-likeness (QED) is 0.633. The summed E-state index contributed by atoms with van der Waals surface area (Å²) in [7, 11) is 1.84. The fourth-order valence-corrected chi connectivity index (χ4v) is 3.17. The molecule has 3 rings (SSSR count). The van der Waals surface area contributed by atoms with Crippen LogP contribution in [0.25, 0.3) is 5.69 Å². The Balaban J connectivity index is 1.56. The summed E-state index contributed by atoms with van der Waals surface area (Å²) in [5.74, 6) is -0.390. The number of aryl methyl sites for hydroxylation is 1. The molecule has 6 heteroatoms. The molecule has 0 bridgehead atoms. The van der Waals surface area contributed by atoms with Gasteiger partial charge in [-0.2, -0.15) is 5.10 Å². The molecular weight excluding hydrogens is 355 g/mol. The average Bonchev–Trinajstić information content (AvgIpc) is 3.07. The third-order valence-corrected chi connectivity index (χ3v) is 4.82. The number of carbonyl (C=O) groups excluding carboxylic acids is 1. The Bertz CT molecular complexity index is 967. The van der Waals surface area contributed by atoms with Gasteiger partial charge in [0.1, 0.15) is 5.82 Å². The van der Waals surface area contributed by atoms with Gasteiger partial charge in [0.15, 0.2) is 0 Å². The van der Waals surface area contributed by atoms with E-state index in [4.69, 9.17) is 0 Å². The molecule has 0 aliphatic carbocycles. The van der Waals surface area contributed by atoms with E-state index in [9.17, 15) is 9.18 Å². The Morgan fingerprint density at radius 3 is 2.61 bits per heavy atom. The van der Waals surface area contributed by atoms with Gasteiger partial charge in [0.25, 0.3) is 5.91 Å². The molecule has 2 aromatic carbocycles. The molecular formula is C22H25FN4O. The molecule has 5 nitrogen and oxygen atoms in total. The summed E-state index contributed by atoms with van der Waals surface area (Å²) in [5, 5.41) is 7.31. The summed E-state index contributed by atoms with van der Waals surface area (Å²) in [6, 6.07) is 14.6. The highest BCUT2D eigenvalue weighted by atomic mass is 19.1. The molecule has 0 atom stereocenters. The molecule has 0 saturated heterocycles. The zero-order valence-electron chi connectivity index (χ0n) is 16.4. The first-order valence-corrected chi connectivity index (χ1v) is 9.33. The minimum Gasteiger partial charge on any atom is -0.372 e. The van der Waals surface area contributed by atoms with E-state index in [0.717, 1.165) is 16.9 Å². The molecule has 0 unspecified atom stereocenters. The van der Waals surface area contributed by atoms with Gasteiger partial charge in [0, 0.05) is 20.1 Å². The number of aromatic nitrogens is 2. The van der Waals surface area contributed by atoms with Crippen molar-refractivity contribution in [3.63, 3.8) is 0 Å². The van der Waals surface area contributed by atoms with Crippen LogP contribution in [0.15, 0.2) is 54.7 Å². The monoisotopic (exact) mass is 380 g/mol. The Labute approximate surface area is 164 Å². The molecule has 146 valence electrons. The molecule has 0 saturated carbocycles. The molecule has 1 amide bonds. The molecule has 1 aromatic heterocycles. The molecule has 0 aliphatic rings. The van der Waals surface area contributed by atoms with E-state index in [0.29, 0.717) is 30.8 Å². The highest BCUT2D eigenvalue weighted by molar-refractivity contribution is 5.95. The SMILES string of the molecule is Cc1ccccc1-n1ncc(C(=O)NCCCN(C)c2ccccc2F)c1C. The largest absolute Gasteiger partial charge is 0.372 e. The maximum Gasteiger partial charge on any atom is 0.254 e. The molecule has 28 heavy (non-hydrogen) atoms. The maximum absolute atomic E-state index is 13.8. The van der Waals surface area contributed by atoms with Crippen molar-refractivity contribution in [2.45, 2.75) is 20.3 Å². The molecule has 0 radical (unpaired) electrons. The standard InChI is InChI=1S/C22H25FN4O/c1-16-9-4-6-11-20(16)27-17(2)18(15-25-27)22(28)24-13-8-14-26(3)21-12-7-5-10-19(21)23/h4-7,9-12,15H,8,13-14H2,1-3H3,(H,24,28). The predicted octanol–water partition coefficient (Wildman–Crippen LogP) is 3.88. The number of rotatable bonds is 7. The maximum atomic E-state index is 13.8. The topological polar surface area (TPSA) is 50.2 Å². The smallest absolute Gasteiger partial charge is 0.254 e. The van der Waals surface area contributed by atoms with Crippen LogP contribution in [-0.4, -0.2) is 35.8 Å². The molecule has 0 spiro atoms. The van der Waals surface area contributed by atoms with Gasteiger partial charge in [-0.3, -0.25) is 4.79 Å². The lowest BCUT2D eigenvalue weighted by atomic mass is 10.2. The lowest BCUT2D eigenvalue weighted by Gasteiger charge is -2.19. The number of carbonyl (C=O) groups is 1. The number of halogens is 1. The van der Waals surface area contributed by atoms with Crippen LogP contribution in [0.1, 0.15) is 28.0 Å². The van der Waals surface area contributed by atoms with Gasteiger partial charge in [-0.25, -0.2) is 9.07 Å². The van der Waals surface area contributed by atoms with Crippen LogP contribution in [0.5, 0.6) is 0 Å². The minimum absolute atomic E-state index is 0.147. The number of benzene rings is 2. The van der Waals surface area contributed by atoms with E-state index in [-0.39, 0.29) is 11.7 Å². The Kier molecular flexibility index (Phi) is 6.09. The summed E-state index contributed by atoms with van der Waals surface area (Å²) in [5.41, 5.74) is 3.98. The van der Waals surface area contributed by atoms with E-state index in [1.807, 2.05) is 56.1 Å². The van der Waals surface area contributed by atoms with Gasteiger partial charge in [0.2, 0.25) is 0 Å². The first kappa shape index (κ1) is 19.6. The van der Waals surface area contributed by atoms with Crippen LogP contribution < -0.4 is 10.2 Å². The number of anilines is 1. The van der Waals surface area contributed by atoms with Crippen molar-refractivity contribution < 1.29 is 9.18 Å². The fourth-order valence-electron chi connectivity index (χ4n) is 3.17. The van der Waals surface area contributed by atoms with Crippen LogP contribution in [-0.2, 0) is 0 Å². The second-order valence-corrected chi connectivity index (χ2v) is 6.82. The van der Waals surface area contributed by atoms with Crippen molar-refractivity contribution in [3.05, 3.63) is 77.4 Å². The van der Waals surface area contributed by atoms with Crippen molar-refractivity contribution in [1.29, 1.82) is 0 Å². The van der Waals surface area contributed by atoms with E-state index < -0.39 is 0 Å². The van der Waals surface area contributed by atoms with Crippen LogP contribution in [0.4, 0.5) is 10.1 Å². The summed E-state index contributed by atoms with van der Waals surface area (Å²) in [6.07, 6.45) is 2.31. The van der Waals surface area contributed by atoms with E-state index in [2.05, 4.69) is 10.4 Å². The highest BCUT2D eigenvalue weighted by Crippen LogP contribution is 2.18. The molecule has 1 N–H and O–H groups in total. The second kappa shape index (κ2) is 8.69. The van der Waals surface area contributed by atoms with Crippen LogP contribution in [0.2, 0.25) is 0 Å². The molecule has 3 aromatic rings. The van der Waals surface area contributed by atoms with Gasteiger partial charge in [-0.05, 0) is 44.0 Å². The normalized spacial score (nSPS) is 10.7. The van der Waals surface area contributed by atoms with E-state index in [1.165, 1.54) is 6.07 Å². The zero-order valence-corrected chi connectivity index (χ0v) is 16.4. The number of nitrogens with one attached hydrogen (secondary N) is 1. The van der Waals surface area contributed by atoms with Crippen LogP contribution >= 0.6 is 0 Å². The first-order chi connectivity index (χ1) is 13.5. The van der Waals surface area contributed by atoms with Gasteiger partial charge in [0.05, 0.1) is 28.8 Å². The lowest BCUT2D eigenvalue weighted by Crippen LogP contribution is -2.28. The van der Waals surface area contributed by atoms with E-state index >= 15 is 0 Å². The Morgan fingerprint density at radius 2 is 1.86 bits per heavy atom. The number of hydrogen-bond donors (Lipinski definition) is 1. The highest BCUT2D eigenvalue weighted by Gasteiger charge is 2.15. The fraction of sp³-hybridized carbons (Fsp3) is 0.273. The molecule has 1 heterocycles. The number of amides is 1. The molecule has 0 fully saturated rings. The number of para-hydroxylation sites is 2. The first-order valence-electron chi connectivity index (χ1n) is 9.33. The third-order valence-electron chi connectivity index (χ3n) is 4.82. The lowest BCUT2D eigenvalue weighted by molar-refractivity contribution is 0.0952. The summed E-state index contributed by atoms with van der Waals surface area (Å²) in [6.45, 7) is 5.05. The van der Waals surface area contributed by atoms with Crippen LogP contribution in [0, 0.1) is 19.7 Å². The van der Waals surface area contributed by atoms with Crippen LogP contribution in [0.3, 0.4) is 0 Å². The van der Waals surface area contributed by atoms with Gasteiger partial charge in [-0.15, -0.1) is 0 Å². The van der Waals surface area contributed by atoms with Crippen molar-refractivity contribution >= 4 is 11.6 Å². The van der Waals surface area contributed by atoms with Gasteiger partial charge >= 0.3 is 0 Å².